The van der Waals surface area contributed by atoms with E-state index in [-0.39, 0.29) is 6.10 Å². The van der Waals surface area contributed by atoms with Gasteiger partial charge in [0.2, 0.25) is 0 Å². The second-order valence-corrected chi connectivity index (χ2v) is 6.63. The number of β-amino-alcohol motifs (C(OH)–C–C–N with tert-alkyl or cyclic N) is 1. The fraction of sp³-hybridized carbons (Fsp3) is 0.500. The molecule has 1 aromatic carbocycles. The van der Waals surface area contributed by atoms with Gasteiger partial charge in [0.05, 0.1) is 24.8 Å². The van der Waals surface area contributed by atoms with E-state index in [2.05, 4.69) is 20.2 Å². The average molecular weight is 376 g/mol. The highest BCUT2D eigenvalue weighted by Gasteiger charge is 2.24. The number of ether oxygens (including phenoxy) is 2. The Balaban J connectivity index is 2.20. The fourth-order valence-corrected chi connectivity index (χ4v) is 3.80. The number of aliphatic hydroxyl groups excluding tert-OH is 1. The number of carbonyl (C=O) groups is 1. The summed E-state index contributed by atoms with van der Waals surface area (Å²) in [6, 6.07) is 3.75. The van der Waals surface area contributed by atoms with Gasteiger partial charge in [0.25, 0.3) is 0 Å². The van der Waals surface area contributed by atoms with Gasteiger partial charge in [0.1, 0.15) is 11.3 Å². The number of esters is 1. The summed E-state index contributed by atoms with van der Waals surface area (Å²) in [7, 11) is 2.89. The molecule has 1 heterocycles. The minimum Gasteiger partial charge on any atom is -0.495 e. The lowest BCUT2D eigenvalue weighted by Crippen LogP contribution is -2.15. The summed E-state index contributed by atoms with van der Waals surface area (Å²) in [4.78, 5) is 12.0. The van der Waals surface area contributed by atoms with Crippen LogP contribution in [0.5, 0.6) is 5.75 Å². The van der Waals surface area contributed by atoms with E-state index in [1.165, 1.54) is 14.2 Å². The number of hydrogen-bond acceptors (Lipinski definition) is 6. The average Bonchev–Trinajstić information content (AvgIpc) is 2.90. The molecule has 5 nitrogen and oxygen atoms in total. The van der Waals surface area contributed by atoms with Crippen LogP contribution in [0.15, 0.2) is 16.6 Å². The van der Waals surface area contributed by atoms with Gasteiger partial charge in [-0.15, -0.1) is 0 Å². The first kappa shape index (κ1) is 16.6. The summed E-state index contributed by atoms with van der Waals surface area (Å²) in [6.45, 7) is 1.51. The van der Waals surface area contributed by atoms with Crippen LogP contribution >= 0.6 is 27.9 Å². The molecular formula is C14H18BrNO4S. The summed E-state index contributed by atoms with van der Waals surface area (Å²) in [5.41, 5.74) is 1.30. The highest BCUT2D eigenvalue weighted by Crippen LogP contribution is 2.34. The summed E-state index contributed by atoms with van der Waals surface area (Å²) >= 11 is 4.98. The molecule has 1 unspecified atom stereocenters. The number of hydrogen-bond donors (Lipinski definition) is 1. The normalized spacial score (nSPS) is 18.8. The lowest BCUT2D eigenvalue weighted by Gasteiger charge is -2.17. The van der Waals surface area contributed by atoms with Gasteiger partial charge in [-0.05, 0) is 34.0 Å². The van der Waals surface area contributed by atoms with E-state index < -0.39 is 5.97 Å². The van der Waals surface area contributed by atoms with Gasteiger partial charge in [0.15, 0.2) is 0 Å². The van der Waals surface area contributed by atoms with Crippen LogP contribution in [0.25, 0.3) is 0 Å². The largest absolute Gasteiger partial charge is 0.495 e. The van der Waals surface area contributed by atoms with Gasteiger partial charge < -0.3 is 14.6 Å². The molecule has 1 aliphatic rings. The number of carbonyl (C=O) groups excluding carboxylic acids is 1. The second kappa shape index (κ2) is 7.49. The number of nitrogens with zero attached hydrogens (tertiary/aromatic N) is 1. The van der Waals surface area contributed by atoms with Crippen molar-refractivity contribution < 1.29 is 19.4 Å². The molecule has 0 amide bonds. The highest BCUT2D eigenvalue weighted by atomic mass is 79.9. The Morgan fingerprint density at radius 2 is 2.29 bits per heavy atom. The first-order valence-electron chi connectivity index (χ1n) is 6.56. The number of benzene rings is 1. The van der Waals surface area contributed by atoms with E-state index in [1.54, 1.807) is 11.9 Å². The Hall–Kier alpha value is -0.760. The van der Waals surface area contributed by atoms with Crippen molar-refractivity contribution in [2.24, 2.45) is 0 Å². The zero-order valence-electron chi connectivity index (χ0n) is 12.0. The SMILES string of the molecule is COC(=O)c1c(CSN2CCC(O)C2)ccc(Br)c1OC. The summed E-state index contributed by atoms with van der Waals surface area (Å²) in [5, 5.41) is 9.54. The maximum absolute atomic E-state index is 12.0. The Kier molecular flexibility index (Phi) is 5.92. The molecule has 0 radical (unpaired) electrons. The van der Waals surface area contributed by atoms with Crippen LogP contribution in [0, 0.1) is 0 Å². The first-order valence-corrected chi connectivity index (χ1v) is 8.30. The summed E-state index contributed by atoms with van der Waals surface area (Å²) in [5.74, 6) is 0.701. The third kappa shape index (κ3) is 3.91. The van der Waals surface area contributed by atoms with Gasteiger partial charge in [-0.3, -0.25) is 0 Å². The van der Waals surface area contributed by atoms with E-state index in [1.807, 2.05) is 12.1 Å². The predicted molar refractivity (Wildman–Crippen MR) is 85.5 cm³/mol. The number of aliphatic hydroxyl groups is 1. The van der Waals surface area contributed by atoms with Gasteiger partial charge in [-0.25, -0.2) is 9.10 Å². The Morgan fingerprint density at radius 1 is 1.52 bits per heavy atom. The molecule has 2 rings (SSSR count). The van der Waals surface area contributed by atoms with Crippen LogP contribution in [0.2, 0.25) is 0 Å². The van der Waals surface area contributed by atoms with Gasteiger partial charge in [-0.1, -0.05) is 18.0 Å². The van der Waals surface area contributed by atoms with Crippen LogP contribution in [0.1, 0.15) is 22.3 Å². The zero-order valence-corrected chi connectivity index (χ0v) is 14.4. The lowest BCUT2D eigenvalue weighted by molar-refractivity contribution is 0.0596. The Bertz CT molecular complexity index is 526. The van der Waals surface area contributed by atoms with Crippen molar-refractivity contribution in [3.63, 3.8) is 0 Å². The van der Waals surface area contributed by atoms with Crippen LogP contribution in [-0.2, 0) is 10.5 Å². The first-order chi connectivity index (χ1) is 10.1. The van der Waals surface area contributed by atoms with Crippen molar-refractivity contribution in [1.82, 2.24) is 4.31 Å². The maximum atomic E-state index is 12.0. The molecule has 0 aliphatic carbocycles. The van der Waals surface area contributed by atoms with E-state index in [4.69, 9.17) is 9.47 Å². The zero-order chi connectivity index (χ0) is 15.4. The fourth-order valence-electron chi connectivity index (χ4n) is 2.23. The molecule has 1 atom stereocenters. The van der Waals surface area contributed by atoms with Crippen LogP contribution in [0.4, 0.5) is 0 Å². The van der Waals surface area contributed by atoms with Crippen LogP contribution < -0.4 is 4.74 Å². The lowest BCUT2D eigenvalue weighted by atomic mass is 10.1. The third-order valence-corrected chi connectivity index (χ3v) is 5.08. The Morgan fingerprint density at radius 3 is 2.86 bits per heavy atom. The minimum atomic E-state index is -0.412. The molecule has 0 aromatic heterocycles. The van der Waals surface area contributed by atoms with Crippen LogP contribution in [-0.4, -0.2) is 48.8 Å². The van der Waals surface area contributed by atoms with Crippen molar-refractivity contribution in [1.29, 1.82) is 0 Å². The molecule has 0 saturated carbocycles. The molecule has 21 heavy (non-hydrogen) atoms. The van der Waals surface area contributed by atoms with Crippen molar-refractivity contribution in [3.8, 4) is 5.75 Å². The van der Waals surface area contributed by atoms with Crippen molar-refractivity contribution in [2.75, 3.05) is 27.3 Å². The Labute approximate surface area is 136 Å². The van der Waals surface area contributed by atoms with Crippen molar-refractivity contribution >= 4 is 33.8 Å². The van der Waals surface area contributed by atoms with Crippen LogP contribution in [0.3, 0.4) is 0 Å². The van der Waals surface area contributed by atoms with Crippen molar-refractivity contribution in [3.05, 3.63) is 27.7 Å². The summed E-state index contributed by atoms with van der Waals surface area (Å²) in [6.07, 6.45) is 0.539. The van der Waals surface area contributed by atoms with Gasteiger partial charge >= 0.3 is 5.97 Å². The number of methoxy groups -OCH3 is 2. The van der Waals surface area contributed by atoms with Gasteiger partial charge in [-0.2, -0.15) is 0 Å². The molecule has 1 aliphatic heterocycles. The number of rotatable bonds is 5. The molecule has 1 N–H and O–H groups in total. The molecule has 1 saturated heterocycles. The second-order valence-electron chi connectivity index (χ2n) is 4.71. The van der Waals surface area contributed by atoms with E-state index in [0.717, 1.165) is 23.0 Å². The van der Waals surface area contributed by atoms with Gasteiger partial charge in [0, 0.05) is 18.8 Å². The van der Waals surface area contributed by atoms with E-state index >= 15 is 0 Å². The molecule has 0 spiro atoms. The molecule has 1 aromatic rings. The molecule has 0 bridgehead atoms. The number of halogens is 1. The standard InChI is InChI=1S/C14H18BrNO4S/c1-19-13-11(15)4-3-9(12(13)14(18)20-2)8-21-16-6-5-10(17)7-16/h3-4,10,17H,5-8H2,1-2H3. The quantitative estimate of drug-likeness (QED) is 0.630. The molecular weight excluding hydrogens is 358 g/mol. The molecule has 1 fully saturated rings. The predicted octanol–water partition coefficient (Wildman–Crippen LogP) is 2.46. The third-order valence-electron chi connectivity index (χ3n) is 3.32. The smallest absolute Gasteiger partial charge is 0.342 e. The molecule has 7 heteroatoms. The highest BCUT2D eigenvalue weighted by molar-refractivity contribution is 9.10. The van der Waals surface area contributed by atoms with E-state index in [9.17, 15) is 9.90 Å². The summed E-state index contributed by atoms with van der Waals surface area (Å²) < 4.78 is 13.0. The van der Waals surface area contributed by atoms with Crippen molar-refractivity contribution in [2.45, 2.75) is 18.3 Å². The molecule has 116 valence electrons. The topological polar surface area (TPSA) is 59.0 Å². The minimum absolute atomic E-state index is 0.253. The maximum Gasteiger partial charge on any atom is 0.342 e. The van der Waals surface area contributed by atoms with E-state index in [0.29, 0.717) is 23.6 Å². The monoisotopic (exact) mass is 375 g/mol.